The van der Waals surface area contributed by atoms with Gasteiger partial charge in [0.15, 0.2) is 0 Å². The molecular weight excluding hydrogens is 202 g/mol. The highest BCUT2D eigenvalue weighted by Gasteiger charge is 2.01. The number of amides is 1. The lowest BCUT2D eigenvalue weighted by Crippen LogP contribution is -2.10. The Labute approximate surface area is 86.6 Å². The van der Waals surface area contributed by atoms with Crippen molar-refractivity contribution in [2.75, 3.05) is 0 Å². The van der Waals surface area contributed by atoms with Crippen LogP contribution < -0.4 is 5.73 Å². The van der Waals surface area contributed by atoms with Crippen LogP contribution in [0.5, 0.6) is 0 Å². The molecule has 0 radical (unpaired) electrons. The molecule has 0 spiro atoms. The van der Waals surface area contributed by atoms with Gasteiger partial charge in [-0.2, -0.15) is 0 Å². The minimum Gasteiger partial charge on any atom is -0.366 e. The van der Waals surface area contributed by atoms with Crippen molar-refractivity contribution in [3.05, 3.63) is 36.2 Å². The standard InChI is InChI=1S/C9H7N3O.ClH/c10-9(13)6-1-2-7-8(5-6)12-4-3-11-7;/h1-5H,(H2,10,13);1H. The van der Waals surface area contributed by atoms with Crippen LogP contribution in [0.3, 0.4) is 0 Å². The molecule has 5 heteroatoms. The second kappa shape index (κ2) is 4.02. The fourth-order valence-electron chi connectivity index (χ4n) is 1.12. The first kappa shape index (κ1) is 10.4. The van der Waals surface area contributed by atoms with E-state index in [0.717, 1.165) is 5.52 Å². The molecule has 1 heterocycles. The number of aromatic nitrogens is 2. The summed E-state index contributed by atoms with van der Waals surface area (Å²) in [6.07, 6.45) is 3.18. The van der Waals surface area contributed by atoms with Gasteiger partial charge in [-0.15, -0.1) is 12.4 Å². The monoisotopic (exact) mass is 209 g/mol. The Hall–Kier alpha value is -1.68. The molecular formula is C9H8ClN3O. The number of nitrogens with two attached hydrogens (primary N) is 1. The molecule has 0 bridgehead atoms. The van der Waals surface area contributed by atoms with Crippen molar-refractivity contribution in [1.82, 2.24) is 9.97 Å². The normalized spacial score (nSPS) is 9.43. The van der Waals surface area contributed by atoms with Crippen LogP contribution in [-0.4, -0.2) is 15.9 Å². The van der Waals surface area contributed by atoms with E-state index >= 15 is 0 Å². The van der Waals surface area contributed by atoms with Crippen LogP contribution in [0.4, 0.5) is 0 Å². The topological polar surface area (TPSA) is 68.9 Å². The Bertz CT molecular complexity index is 472. The maximum atomic E-state index is 10.8. The van der Waals surface area contributed by atoms with Gasteiger partial charge in [-0.1, -0.05) is 0 Å². The summed E-state index contributed by atoms with van der Waals surface area (Å²) in [5.41, 5.74) is 7.01. The lowest BCUT2D eigenvalue weighted by atomic mass is 10.2. The van der Waals surface area contributed by atoms with Crippen LogP contribution in [-0.2, 0) is 0 Å². The van der Waals surface area contributed by atoms with Crippen LogP contribution in [0, 0.1) is 0 Å². The highest BCUT2D eigenvalue weighted by Crippen LogP contribution is 2.09. The van der Waals surface area contributed by atoms with Gasteiger partial charge < -0.3 is 5.73 Å². The van der Waals surface area contributed by atoms with E-state index in [2.05, 4.69) is 9.97 Å². The average Bonchev–Trinajstić information content (AvgIpc) is 2.17. The fourth-order valence-corrected chi connectivity index (χ4v) is 1.12. The van der Waals surface area contributed by atoms with Crippen molar-refractivity contribution < 1.29 is 4.79 Å². The third kappa shape index (κ3) is 1.80. The quantitative estimate of drug-likeness (QED) is 0.766. The number of nitrogens with zero attached hydrogens (tertiary/aromatic N) is 2. The molecule has 0 atom stereocenters. The Morgan fingerprint density at radius 3 is 2.43 bits per heavy atom. The minimum atomic E-state index is -0.451. The molecule has 2 aromatic rings. The molecule has 1 aromatic heterocycles. The van der Waals surface area contributed by atoms with Crippen molar-refractivity contribution in [2.45, 2.75) is 0 Å². The summed E-state index contributed by atoms with van der Waals surface area (Å²) in [6.45, 7) is 0. The van der Waals surface area contributed by atoms with Crippen LogP contribution in [0.25, 0.3) is 11.0 Å². The molecule has 0 aliphatic rings. The average molecular weight is 210 g/mol. The maximum absolute atomic E-state index is 10.8. The lowest BCUT2D eigenvalue weighted by Gasteiger charge is -1.97. The summed E-state index contributed by atoms with van der Waals surface area (Å²) in [6, 6.07) is 4.99. The predicted octanol–water partition coefficient (Wildman–Crippen LogP) is 1.15. The smallest absolute Gasteiger partial charge is 0.248 e. The van der Waals surface area contributed by atoms with Crippen LogP contribution in [0.15, 0.2) is 30.6 Å². The SMILES string of the molecule is Cl.NC(=O)c1ccc2nccnc2c1. The zero-order chi connectivity index (χ0) is 9.26. The van der Waals surface area contributed by atoms with Gasteiger partial charge in [0.25, 0.3) is 0 Å². The van der Waals surface area contributed by atoms with E-state index in [4.69, 9.17) is 5.73 Å². The highest BCUT2D eigenvalue weighted by atomic mass is 35.5. The Morgan fingerprint density at radius 2 is 1.79 bits per heavy atom. The molecule has 4 nitrogen and oxygen atoms in total. The summed E-state index contributed by atoms with van der Waals surface area (Å²) in [4.78, 5) is 18.9. The van der Waals surface area contributed by atoms with Crippen LogP contribution in [0.1, 0.15) is 10.4 Å². The third-order valence-electron chi connectivity index (χ3n) is 1.75. The Morgan fingerprint density at radius 1 is 1.14 bits per heavy atom. The molecule has 0 saturated heterocycles. The molecule has 0 unspecified atom stereocenters. The first-order valence-corrected chi connectivity index (χ1v) is 3.78. The largest absolute Gasteiger partial charge is 0.366 e. The van der Waals surface area contributed by atoms with Crippen LogP contribution in [0.2, 0.25) is 0 Å². The molecule has 2 rings (SSSR count). The van der Waals surface area contributed by atoms with Crippen molar-refractivity contribution in [1.29, 1.82) is 0 Å². The van der Waals surface area contributed by atoms with Crippen LogP contribution >= 0.6 is 12.4 Å². The molecule has 72 valence electrons. The minimum absolute atomic E-state index is 0. The number of hydrogen-bond donors (Lipinski definition) is 1. The Balaban J connectivity index is 0.000000980. The number of fused-ring (bicyclic) bond motifs is 1. The number of carbonyl (C=O) groups is 1. The van der Waals surface area contributed by atoms with Gasteiger partial charge in [0, 0.05) is 18.0 Å². The number of primary amides is 1. The van der Waals surface area contributed by atoms with Gasteiger partial charge in [0.1, 0.15) is 0 Å². The first-order chi connectivity index (χ1) is 6.27. The fraction of sp³-hybridized carbons (Fsp3) is 0. The predicted molar refractivity (Wildman–Crippen MR) is 55.3 cm³/mol. The van der Waals surface area contributed by atoms with E-state index in [1.54, 1.807) is 30.6 Å². The molecule has 0 saturated carbocycles. The summed E-state index contributed by atoms with van der Waals surface area (Å²) in [7, 11) is 0. The molecule has 0 aliphatic heterocycles. The molecule has 14 heavy (non-hydrogen) atoms. The molecule has 1 amide bonds. The molecule has 0 aliphatic carbocycles. The van der Waals surface area contributed by atoms with Crippen molar-refractivity contribution in [3.8, 4) is 0 Å². The van der Waals surface area contributed by atoms with E-state index in [9.17, 15) is 4.79 Å². The van der Waals surface area contributed by atoms with Crippen molar-refractivity contribution in [3.63, 3.8) is 0 Å². The van der Waals surface area contributed by atoms with E-state index in [0.29, 0.717) is 11.1 Å². The number of benzene rings is 1. The number of hydrogen-bond acceptors (Lipinski definition) is 3. The second-order valence-electron chi connectivity index (χ2n) is 2.62. The zero-order valence-corrected chi connectivity index (χ0v) is 7.99. The van der Waals surface area contributed by atoms with Gasteiger partial charge in [0.2, 0.25) is 5.91 Å². The van der Waals surface area contributed by atoms with Gasteiger partial charge >= 0.3 is 0 Å². The zero-order valence-electron chi connectivity index (χ0n) is 7.18. The summed E-state index contributed by atoms with van der Waals surface area (Å²) >= 11 is 0. The number of halogens is 1. The molecule has 1 aromatic carbocycles. The van der Waals surface area contributed by atoms with E-state index < -0.39 is 5.91 Å². The van der Waals surface area contributed by atoms with E-state index in [1.807, 2.05) is 0 Å². The highest BCUT2D eigenvalue weighted by molar-refractivity contribution is 5.95. The second-order valence-corrected chi connectivity index (χ2v) is 2.62. The van der Waals surface area contributed by atoms with Gasteiger partial charge in [-0.3, -0.25) is 14.8 Å². The van der Waals surface area contributed by atoms with E-state index in [-0.39, 0.29) is 12.4 Å². The summed E-state index contributed by atoms with van der Waals surface area (Å²) < 4.78 is 0. The summed E-state index contributed by atoms with van der Waals surface area (Å²) in [5, 5.41) is 0. The Kier molecular flexibility index (Phi) is 2.99. The van der Waals surface area contributed by atoms with E-state index in [1.165, 1.54) is 0 Å². The molecule has 0 fully saturated rings. The lowest BCUT2D eigenvalue weighted by molar-refractivity contribution is 0.100. The number of carbonyl (C=O) groups excluding carboxylic acids is 1. The van der Waals surface area contributed by atoms with Crippen molar-refractivity contribution in [2.24, 2.45) is 5.73 Å². The van der Waals surface area contributed by atoms with Gasteiger partial charge in [-0.05, 0) is 18.2 Å². The van der Waals surface area contributed by atoms with Crippen molar-refractivity contribution >= 4 is 29.3 Å². The summed E-state index contributed by atoms with van der Waals surface area (Å²) in [5.74, 6) is -0.451. The van der Waals surface area contributed by atoms with Gasteiger partial charge in [-0.25, -0.2) is 0 Å². The third-order valence-corrected chi connectivity index (χ3v) is 1.75. The maximum Gasteiger partial charge on any atom is 0.248 e. The first-order valence-electron chi connectivity index (χ1n) is 3.78. The number of rotatable bonds is 1. The van der Waals surface area contributed by atoms with Gasteiger partial charge in [0.05, 0.1) is 11.0 Å². The molecule has 2 N–H and O–H groups in total.